The lowest BCUT2D eigenvalue weighted by atomic mass is 10.0. The van der Waals surface area contributed by atoms with Gasteiger partial charge >= 0.3 is 16.4 Å². The molecule has 7 heteroatoms. The minimum Gasteiger partial charge on any atom is -0.461 e. The summed E-state index contributed by atoms with van der Waals surface area (Å²) < 4.78 is 40.3. The minimum absolute atomic E-state index is 0.0246. The van der Waals surface area contributed by atoms with Crippen LogP contribution in [0.2, 0.25) is 0 Å². The quantitative estimate of drug-likeness (QED) is 0.425. The smallest absolute Gasteiger partial charge is 0.446 e. The SMILES string of the molecule is C#CCCc1cc(OS(=O)(=O)O)ccc1COC(=O)Cc1ccc(C)cc1. The second kappa shape index (κ2) is 9.21. The molecule has 27 heavy (non-hydrogen) atoms. The summed E-state index contributed by atoms with van der Waals surface area (Å²) in [5, 5.41) is 0. The molecule has 0 atom stereocenters. The van der Waals surface area contributed by atoms with Crippen LogP contribution < -0.4 is 4.18 Å². The summed E-state index contributed by atoms with van der Waals surface area (Å²) in [6, 6.07) is 12.0. The molecule has 0 aliphatic carbocycles. The number of carbonyl (C=O) groups excluding carboxylic acids is 1. The number of esters is 1. The summed E-state index contributed by atoms with van der Waals surface area (Å²) in [4.78, 5) is 12.1. The summed E-state index contributed by atoms with van der Waals surface area (Å²) in [6.07, 6.45) is 6.30. The summed E-state index contributed by atoms with van der Waals surface area (Å²) >= 11 is 0. The zero-order valence-electron chi connectivity index (χ0n) is 14.8. The molecule has 6 nitrogen and oxygen atoms in total. The molecule has 0 amide bonds. The zero-order chi connectivity index (χ0) is 19.9. The van der Waals surface area contributed by atoms with Gasteiger partial charge in [-0.1, -0.05) is 35.9 Å². The Morgan fingerprint density at radius 2 is 1.85 bits per heavy atom. The summed E-state index contributed by atoms with van der Waals surface area (Å²) in [5.41, 5.74) is 3.33. The lowest BCUT2D eigenvalue weighted by molar-refractivity contribution is -0.144. The first-order valence-corrected chi connectivity index (χ1v) is 9.56. The van der Waals surface area contributed by atoms with Crippen LogP contribution in [0.15, 0.2) is 42.5 Å². The fourth-order valence-corrected chi connectivity index (χ4v) is 2.78. The van der Waals surface area contributed by atoms with Gasteiger partial charge in [0.25, 0.3) is 0 Å². The first-order valence-electron chi connectivity index (χ1n) is 8.20. The Morgan fingerprint density at radius 1 is 1.15 bits per heavy atom. The van der Waals surface area contributed by atoms with E-state index in [0.29, 0.717) is 24.0 Å². The molecule has 2 rings (SSSR count). The first-order chi connectivity index (χ1) is 12.8. The van der Waals surface area contributed by atoms with Crippen LogP contribution in [0.5, 0.6) is 5.75 Å². The minimum atomic E-state index is -4.62. The van der Waals surface area contributed by atoms with Crippen molar-refractivity contribution >= 4 is 16.4 Å². The Balaban J connectivity index is 2.06. The van der Waals surface area contributed by atoms with Gasteiger partial charge in [-0.3, -0.25) is 9.35 Å². The van der Waals surface area contributed by atoms with Crippen LogP contribution in [0.4, 0.5) is 0 Å². The number of rotatable bonds is 8. The third-order valence-electron chi connectivity index (χ3n) is 3.78. The van der Waals surface area contributed by atoms with Gasteiger partial charge in [0, 0.05) is 6.42 Å². The van der Waals surface area contributed by atoms with Crippen molar-refractivity contribution in [2.45, 2.75) is 32.8 Å². The van der Waals surface area contributed by atoms with E-state index >= 15 is 0 Å². The molecule has 0 fully saturated rings. The standard InChI is InChI=1S/C20H20O6S/c1-3-4-5-17-13-19(26-27(22,23)24)11-10-18(17)14-25-20(21)12-16-8-6-15(2)7-9-16/h1,6-11,13H,4-5,12,14H2,2H3,(H,22,23,24). The number of benzene rings is 2. The van der Waals surface area contributed by atoms with E-state index in [1.165, 1.54) is 12.1 Å². The van der Waals surface area contributed by atoms with Crippen molar-refractivity contribution in [1.82, 2.24) is 0 Å². The van der Waals surface area contributed by atoms with Crippen molar-refractivity contribution in [3.05, 3.63) is 64.7 Å². The van der Waals surface area contributed by atoms with E-state index in [9.17, 15) is 13.2 Å². The Hall–Kier alpha value is -2.82. The molecule has 2 aromatic rings. The van der Waals surface area contributed by atoms with Gasteiger partial charge in [0.15, 0.2) is 0 Å². The Labute approximate surface area is 159 Å². The maximum atomic E-state index is 12.1. The Kier molecular flexibility index (Phi) is 6.99. The fraction of sp³-hybridized carbons (Fsp3) is 0.250. The van der Waals surface area contributed by atoms with Crippen LogP contribution in [0.1, 0.15) is 28.7 Å². The number of ether oxygens (including phenoxy) is 1. The molecule has 1 N–H and O–H groups in total. The van der Waals surface area contributed by atoms with E-state index in [-0.39, 0.29) is 24.7 Å². The van der Waals surface area contributed by atoms with Crippen LogP contribution in [-0.2, 0) is 39.4 Å². The second-order valence-electron chi connectivity index (χ2n) is 5.97. The Morgan fingerprint density at radius 3 is 2.48 bits per heavy atom. The molecule has 0 spiro atoms. The van der Waals surface area contributed by atoms with Crippen LogP contribution in [0, 0.1) is 19.3 Å². The molecular formula is C20H20O6S. The topological polar surface area (TPSA) is 89.9 Å². The van der Waals surface area contributed by atoms with Crippen molar-refractivity contribution in [1.29, 1.82) is 0 Å². The number of hydrogen-bond donors (Lipinski definition) is 1. The third kappa shape index (κ3) is 7.13. The molecule has 142 valence electrons. The average molecular weight is 388 g/mol. The molecule has 0 saturated carbocycles. The van der Waals surface area contributed by atoms with Gasteiger partial charge in [0.1, 0.15) is 12.4 Å². The normalized spacial score (nSPS) is 10.9. The van der Waals surface area contributed by atoms with Gasteiger partial charge in [-0.05, 0) is 42.2 Å². The largest absolute Gasteiger partial charge is 0.461 e. The predicted octanol–water partition coefficient (Wildman–Crippen LogP) is 3.03. The average Bonchev–Trinajstić information content (AvgIpc) is 2.59. The number of hydrogen-bond acceptors (Lipinski definition) is 5. The van der Waals surface area contributed by atoms with E-state index in [1.54, 1.807) is 6.07 Å². The summed E-state index contributed by atoms with van der Waals surface area (Å²) in [5.74, 6) is 2.08. The molecule has 2 aromatic carbocycles. The first kappa shape index (κ1) is 20.5. The summed E-state index contributed by atoms with van der Waals surface area (Å²) in [6.45, 7) is 1.99. The fourth-order valence-electron chi connectivity index (χ4n) is 2.44. The van der Waals surface area contributed by atoms with Crippen molar-refractivity contribution < 1.29 is 26.7 Å². The Bertz CT molecular complexity index is 939. The van der Waals surface area contributed by atoms with Crippen molar-refractivity contribution in [2.24, 2.45) is 0 Å². The highest BCUT2D eigenvalue weighted by Gasteiger charge is 2.12. The van der Waals surface area contributed by atoms with Gasteiger partial charge in [-0.25, -0.2) is 0 Å². The highest BCUT2D eigenvalue weighted by molar-refractivity contribution is 7.81. The lowest BCUT2D eigenvalue weighted by Gasteiger charge is -2.12. The van der Waals surface area contributed by atoms with Gasteiger partial charge in [-0.15, -0.1) is 12.3 Å². The van der Waals surface area contributed by atoms with E-state index in [4.69, 9.17) is 15.7 Å². The van der Waals surface area contributed by atoms with Crippen LogP contribution >= 0.6 is 0 Å². The van der Waals surface area contributed by atoms with Gasteiger partial charge in [-0.2, -0.15) is 8.42 Å². The van der Waals surface area contributed by atoms with E-state index in [1.807, 2.05) is 31.2 Å². The molecule has 0 saturated heterocycles. The molecule has 0 aromatic heterocycles. The molecule has 0 aliphatic rings. The van der Waals surface area contributed by atoms with E-state index < -0.39 is 10.4 Å². The third-order valence-corrected chi connectivity index (χ3v) is 4.18. The zero-order valence-corrected chi connectivity index (χ0v) is 15.7. The van der Waals surface area contributed by atoms with E-state index in [0.717, 1.165) is 11.1 Å². The molecule has 0 heterocycles. The number of carbonyl (C=O) groups is 1. The van der Waals surface area contributed by atoms with Gasteiger partial charge in [0.2, 0.25) is 0 Å². The maximum Gasteiger partial charge on any atom is 0.446 e. The van der Waals surface area contributed by atoms with Crippen molar-refractivity contribution in [3.63, 3.8) is 0 Å². The molecule has 0 bridgehead atoms. The van der Waals surface area contributed by atoms with Crippen molar-refractivity contribution in [2.75, 3.05) is 0 Å². The predicted molar refractivity (Wildman–Crippen MR) is 100 cm³/mol. The van der Waals surface area contributed by atoms with Crippen molar-refractivity contribution in [3.8, 4) is 18.1 Å². The van der Waals surface area contributed by atoms with Gasteiger partial charge < -0.3 is 8.92 Å². The van der Waals surface area contributed by atoms with Crippen LogP contribution in [0.3, 0.4) is 0 Å². The molecule has 0 aliphatic heterocycles. The molecule has 0 radical (unpaired) electrons. The van der Waals surface area contributed by atoms with Crippen LogP contribution in [0.25, 0.3) is 0 Å². The highest BCUT2D eigenvalue weighted by Crippen LogP contribution is 2.21. The lowest BCUT2D eigenvalue weighted by Crippen LogP contribution is -2.10. The monoisotopic (exact) mass is 388 g/mol. The number of aryl methyl sites for hydroxylation is 2. The maximum absolute atomic E-state index is 12.1. The second-order valence-corrected chi connectivity index (χ2v) is 6.99. The number of terminal acetylenes is 1. The van der Waals surface area contributed by atoms with E-state index in [2.05, 4.69) is 10.1 Å². The summed E-state index contributed by atoms with van der Waals surface area (Å²) in [7, 11) is -4.62. The highest BCUT2D eigenvalue weighted by atomic mass is 32.3. The molecule has 0 unspecified atom stereocenters. The van der Waals surface area contributed by atoms with Crippen LogP contribution in [-0.4, -0.2) is 18.9 Å². The molecular weight excluding hydrogens is 368 g/mol. The van der Waals surface area contributed by atoms with Gasteiger partial charge in [0.05, 0.1) is 6.42 Å².